The first-order valence-electron chi connectivity index (χ1n) is 4.68. The van der Waals surface area contributed by atoms with Crippen LogP contribution in [0.5, 0.6) is 5.75 Å². The fourth-order valence-electron chi connectivity index (χ4n) is 1.02. The van der Waals surface area contributed by atoms with Crippen molar-refractivity contribution in [2.45, 2.75) is 12.5 Å². The van der Waals surface area contributed by atoms with Crippen molar-refractivity contribution < 1.29 is 14.6 Å². The third kappa shape index (κ3) is 4.36. The molecule has 82 valence electrons. The van der Waals surface area contributed by atoms with Gasteiger partial charge in [-0.15, -0.1) is 0 Å². The largest absolute Gasteiger partial charge is 0.425 e. The van der Waals surface area contributed by atoms with Gasteiger partial charge in [-0.3, -0.25) is 0 Å². The molecule has 0 heterocycles. The van der Waals surface area contributed by atoms with Crippen LogP contribution in [0.15, 0.2) is 30.3 Å². The molecule has 0 aliphatic heterocycles. The van der Waals surface area contributed by atoms with E-state index in [2.05, 4.69) is 0 Å². The second-order valence-electron chi connectivity index (χ2n) is 3.03. The Hall–Kier alpha value is -1.00. The molecule has 1 unspecified atom stereocenters. The summed E-state index contributed by atoms with van der Waals surface area (Å²) in [6, 6.07) is 8.74. The van der Waals surface area contributed by atoms with Crippen LogP contribution in [0.1, 0.15) is 6.42 Å². The lowest BCUT2D eigenvalue weighted by Gasteiger charge is -2.09. The average Bonchev–Trinajstić information content (AvgIpc) is 2.27. The Bertz CT molecular complexity index is 300. The first kappa shape index (κ1) is 12.1. The summed E-state index contributed by atoms with van der Waals surface area (Å²) in [6.07, 6.45) is 1.32. The molecule has 1 N–H and O–H groups in total. The molecular weight excluding hydrogens is 212 g/mol. The van der Waals surface area contributed by atoms with Gasteiger partial charge in [0.25, 0.3) is 0 Å². The number of hydrogen-bond donors (Lipinski definition) is 1. The van der Waals surface area contributed by atoms with Crippen LogP contribution in [0, 0.1) is 0 Å². The summed E-state index contributed by atoms with van der Waals surface area (Å²) >= 11 is 1.59. The molecule has 0 aliphatic carbocycles. The molecule has 1 atom stereocenters. The number of aliphatic hydroxyl groups is 1. The van der Waals surface area contributed by atoms with Crippen LogP contribution in [-0.2, 0) is 4.79 Å². The average molecular weight is 226 g/mol. The predicted molar refractivity (Wildman–Crippen MR) is 61.1 cm³/mol. The van der Waals surface area contributed by atoms with E-state index in [1.54, 1.807) is 36.0 Å². The van der Waals surface area contributed by atoms with Crippen molar-refractivity contribution in [1.29, 1.82) is 0 Å². The number of rotatable bonds is 5. The highest BCUT2D eigenvalue weighted by molar-refractivity contribution is 7.98. The summed E-state index contributed by atoms with van der Waals surface area (Å²) < 4.78 is 4.98. The highest BCUT2D eigenvalue weighted by atomic mass is 32.2. The van der Waals surface area contributed by atoms with E-state index in [1.165, 1.54) is 0 Å². The van der Waals surface area contributed by atoms with Crippen LogP contribution in [0.25, 0.3) is 0 Å². The molecule has 0 saturated heterocycles. The van der Waals surface area contributed by atoms with E-state index >= 15 is 0 Å². The van der Waals surface area contributed by atoms with Crippen LogP contribution in [0.4, 0.5) is 0 Å². The van der Waals surface area contributed by atoms with Gasteiger partial charge < -0.3 is 9.84 Å². The summed E-state index contributed by atoms with van der Waals surface area (Å²) in [5.74, 6) is 0.617. The van der Waals surface area contributed by atoms with Gasteiger partial charge in [-0.1, -0.05) is 18.2 Å². The fraction of sp³-hybridized carbons (Fsp3) is 0.364. The zero-order chi connectivity index (χ0) is 11.1. The van der Waals surface area contributed by atoms with Crippen molar-refractivity contribution in [1.82, 2.24) is 0 Å². The van der Waals surface area contributed by atoms with Gasteiger partial charge >= 0.3 is 5.97 Å². The summed E-state index contributed by atoms with van der Waals surface area (Å²) in [4.78, 5) is 11.3. The van der Waals surface area contributed by atoms with Crippen molar-refractivity contribution in [3.8, 4) is 5.75 Å². The van der Waals surface area contributed by atoms with E-state index in [0.29, 0.717) is 12.2 Å². The quantitative estimate of drug-likeness (QED) is 0.613. The van der Waals surface area contributed by atoms with Gasteiger partial charge in [-0.2, -0.15) is 11.8 Å². The molecule has 0 aromatic heterocycles. The SMILES string of the molecule is CSCCC(O)C(=O)Oc1ccccc1. The third-order valence-corrected chi connectivity index (χ3v) is 2.47. The molecule has 0 bridgehead atoms. The lowest BCUT2D eigenvalue weighted by atomic mass is 10.3. The minimum Gasteiger partial charge on any atom is -0.425 e. The second-order valence-corrected chi connectivity index (χ2v) is 4.02. The summed E-state index contributed by atoms with van der Waals surface area (Å²) in [5.41, 5.74) is 0. The number of carbonyl (C=O) groups is 1. The number of aliphatic hydroxyl groups excluding tert-OH is 1. The van der Waals surface area contributed by atoms with E-state index in [1.807, 2.05) is 12.3 Å². The second kappa shape index (κ2) is 6.48. The molecule has 15 heavy (non-hydrogen) atoms. The molecule has 3 nitrogen and oxygen atoms in total. The van der Waals surface area contributed by atoms with Gasteiger partial charge in [-0.05, 0) is 30.6 Å². The zero-order valence-corrected chi connectivity index (χ0v) is 9.37. The molecule has 4 heteroatoms. The van der Waals surface area contributed by atoms with Crippen molar-refractivity contribution >= 4 is 17.7 Å². The monoisotopic (exact) mass is 226 g/mol. The Morgan fingerprint density at radius 3 is 2.73 bits per heavy atom. The maximum absolute atomic E-state index is 11.3. The van der Waals surface area contributed by atoms with E-state index in [9.17, 15) is 9.90 Å². The molecule has 1 rings (SSSR count). The number of hydrogen-bond acceptors (Lipinski definition) is 4. The smallest absolute Gasteiger partial charge is 0.340 e. The van der Waals surface area contributed by atoms with E-state index < -0.39 is 12.1 Å². The maximum atomic E-state index is 11.3. The highest BCUT2D eigenvalue weighted by Crippen LogP contribution is 2.10. The van der Waals surface area contributed by atoms with Crippen LogP contribution < -0.4 is 4.74 Å². The van der Waals surface area contributed by atoms with Gasteiger partial charge in [0.2, 0.25) is 0 Å². The first-order valence-corrected chi connectivity index (χ1v) is 6.07. The number of benzene rings is 1. The van der Waals surface area contributed by atoms with Gasteiger partial charge in [0.15, 0.2) is 6.10 Å². The van der Waals surface area contributed by atoms with Gasteiger partial charge in [0.1, 0.15) is 5.75 Å². The Balaban J connectivity index is 2.42. The lowest BCUT2D eigenvalue weighted by Crippen LogP contribution is -2.26. The lowest BCUT2D eigenvalue weighted by molar-refractivity contribution is -0.143. The minimum absolute atomic E-state index is 0.423. The van der Waals surface area contributed by atoms with Crippen LogP contribution in [0.3, 0.4) is 0 Å². The first-order chi connectivity index (χ1) is 7.24. The molecule has 0 fully saturated rings. The van der Waals surface area contributed by atoms with Crippen LogP contribution in [0.2, 0.25) is 0 Å². The van der Waals surface area contributed by atoms with E-state index in [4.69, 9.17) is 4.74 Å². The van der Waals surface area contributed by atoms with Crippen molar-refractivity contribution in [2.24, 2.45) is 0 Å². The number of carbonyl (C=O) groups excluding carboxylic acids is 1. The maximum Gasteiger partial charge on any atom is 0.340 e. The van der Waals surface area contributed by atoms with Gasteiger partial charge in [-0.25, -0.2) is 4.79 Å². The third-order valence-electron chi connectivity index (χ3n) is 1.83. The molecule has 0 amide bonds. The van der Waals surface area contributed by atoms with Crippen LogP contribution in [-0.4, -0.2) is 29.2 Å². The van der Waals surface area contributed by atoms with Crippen molar-refractivity contribution in [3.63, 3.8) is 0 Å². The Morgan fingerprint density at radius 1 is 1.47 bits per heavy atom. The number of thioether (sulfide) groups is 1. The topological polar surface area (TPSA) is 46.5 Å². The number of esters is 1. The van der Waals surface area contributed by atoms with E-state index in [0.717, 1.165) is 5.75 Å². The summed E-state index contributed by atoms with van der Waals surface area (Å²) in [7, 11) is 0. The van der Waals surface area contributed by atoms with Crippen molar-refractivity contribution in [3.05, 3.63) is 30.3 Å². The zero-order valence-electron chi connectivity index (χ0n) is 8.55. The van der Waals surface area contributed by atoms with Gasteiger partial charge in [0.05, 0.1) is 0 Å². The summed E-state index contributed by atoms with van der Waals surface area (Å²) in [5, 5.41) is 9.42. The van der Waals surface area contributed by atoms with Crippen molar-refractivity contribution in [2.75, 3.05) is 12.0 Å². The fourth-order valence-corrected chi connectivity index (χ4v) is 1.48. The minimum atomic E-state index is -1.03. The number of para-hydroxylation sites is 1. The molecule has 0 spiro atoms. The molecule has 1 aromatic carbocycles. The molecule has 1 aromatic rings. The number of ether oxygens (including phenoxy) is 1. The standard InChI is InChI=1S/C11H14O3S/c1-15-8-7-10(12)11(13)14-9-5-3-2-4-6-9/h2-6,10,12H,7-8H2,1H3. The predicted octanol–water partition coefficient (Wildman–Crippen LogP) is 1.71. The molecule has 0 radical (unpaired) electrons. The Morgan fingerprint density at radius 2 is 2.13 bits per heavy atom. The van der Waals surface area contributed by atoms with Gasteiger partial charge in [0, 0.05) is 0 Å². The molecule has 0 aliphatic rings. The Kier molecular flexibility index (Phi) is 5.21. The normalized spacial score (nSPS) is 12.1. The van der Waals surface area contributed by atoms with Crippen LogP contribution >= 0.6 is 11.8 Å². The highest BCUT2D eigenvalue weighted by Gasteiger charge is 2.16. The summed E-state index contributed by atoms with van der Waals surface area (Å²) in [6.45, 7) is 0. The Labute approximate surface area is 93.4 Å². The molecule has 0 saturated carbocycles. The van der Waals surface area contributed by atoms with E-state index in [-0.39, 0.29) is 0 Å². The molecular formula is C11H14O3S.